The molecule has 96 valence electrons. The van der Waals surface area contributed by atoms with Gasteiger partial charge in [-0.1, -0.05) is 24.4 Å². The number of halogens is 1. The van der Waals surface area contributed by atoms with E-state index in [1.807, 2.05) is 11.4 Å². The van der Waals surface area contributed by atoms with E-state index in [1.54, 1.807) is 11.3 Å². The van der Waals surface area contributed by atoms with Crippen molar-refractivity contribution in [2.24, 2.45) is 0 Å². The Kier molecular flexibility index (Phi) is 5.29. The van der Waals surface area contributed by atoms with Crippen LogP contribution in [0.15, 0.2) is 11.4 Å². The first-order valence-corrected chi connectivity index (χ1v) is 7.66. The quantitative estimate of drug-likeness (QED) is 0.799. The van der Waals surface area contributed by atoms with Crippen molar-refractivity contribution in [1.82, 2.24) is 10.2 Å². The van der Waals surface area contributed by atoms with Gasteiger partial charge in [0.15, 0.2) is 0 Å². The van der Waals surface area contributed by atoms with Gasteiger partial charge in [-0.2, -0.15) is 0 Å². The summed E-state index contributed by atoms with van der Waals surface area (Å²) in [7, 11) is 2.25. The molecule has 1 aliphatic rings. The normalized spacial score (nSPS) is 17.1. The lowest BCUT2D eigenvalue weighted by Crippen LogP contribution is -2.35. The fourth-order valence-electron chi connectivity index (χ4n) is 2.44. The molecule has 1 aromatic heterocycles. The molecule has 0 spiro atoms. The third kappa shape index (κ3) is 3.95. The van der Waals surface area contributed by atoms with Crippen LogP contribution < -0.4 is 5.32 Å². The first-order chi connectivity index (χ1) is 8.27. The van der Waals surface area contributed by atoms with Crippen LogP contribution in [0.25, 0.3) is 0 Å². The first kappa shape index (κ1) is 13.3. The molecule has 0 aliphatic heterocycles. The Morgan fingerprint density at radius 3 is 2.88 bits per heavy atom. The average molecular weight is 273 g/mol. The summed E-state index contributed by atoms with van der Waals surface area (Å²) in [5, 5.41) is 6.41. The first-order valence-electron chi connectivity index (χ1n) is 6.40. The second-order valence-corrected chi connectivity index (χ2v) is 6.20. The smallest absolute Gasteiger partial charge is 0.0558 e. The van der Waals surface area contributed by atoms with Crippen LogP contribution in [-0.4, -0.2) is 31.1 Å². The SMILES string of the molecule is CN(CCNCc1sccc1Cl)C1CCCC1. The Labute approximate surface area is 113 Å². The van der Waals surface area contributed by atoms with Crippen molar-refractivity contribution in [2.45, 2.75) is 38.3 Å². The van der Waals surface area contributed by atoms with Crippen molar-refractivity contribution >= 4 is 22.9 Å². The maximum Gasteiger partial charge on any atom is 0.0558 e. The van der Waals surface area contributed by atoms with Crippen LogP contribution in [-0.2, 0) is 6.54 Å². The van der Waals surface area contributed by atoms with Gasteiger partial charge in [-0.3, -0.25) is 0 Å². The summed E-state index contributed by atoms with van der Waals surface area (Å²) in [6.45, 7) is 3.07. The van der Waals surface area contributed by atoms with Crippen molar-refractivity contribution in [3.8, 4) is 0 Å². The van der Waals surface area contributed by atoms with Crippen LogP contribution in [0, 0.1) is 0 Å². The topological polar surface area (TPSA) is 15.3 Å². The third-order valence-corrected chi connectivity index (χ3v) is 4.95. The predicted octanol–water partition coefficient (Wildman–Crippen LogP) is 3.37. The Morgan fingerprint density at radius 1 is 1.47 bits per heavy atom. The molecule has 1 heterocycles. The van der Waals surface area contributed by atoms with E-state index in [9.17, 15) is 0 Å². The van der Waals surface area contributed by atoms with E-state index in [2.05, 4.69) is 17.3 Å². The van der Waals surface area contributed by atoms with Gasteiger partial charge < -0.3 is 10.2 Å². The number of hydrogen-bond donors (Lipinski definition) is 1. The number of rotatable bonds is 6. The molecule has 2 rings (SSSR count). The van der Waals surface area contributed by atoms with Crippen molar-refractivity contribution in [1.29, 1.82) is 0 Å². The zero-order valence-electron chi connectivity index (χ0n) is 10.4. The van der Waals surface area contributed by atoms with E-state index in [4.69, 9.17) is 11.6 Å². The van der Waals surface area contributed by atoms with E-state index in [0.717, 1.165) is 30.7 Å². The zero-order valence-corrected chi connectivity index (χ0v) is 12.0. The van der Waals surface area contributed by atoms with Gasteiger partial charge in [-0.05, 0) is 31.3 Å². The van der Waals surface area contributed by atoms with E-state index >= 15 is 0 Å². The zero-order chi connectivity index (χ0) is 12.1. The summed E-state index contributed by atoms with van der Waals surface area (Å²) in [4.78, 5) is 3.74. The molecule has 17 heavy (non-hydrogen) atoms. The molecule has 0 bridgehead atoms. The highest BCUT2D eigenvalue weighted by molar-refractivity contribution is 7.10. The molecule has 0 unspecified atom stereocenters. The summed E-state index contributed by atoms with van der Waals surface area (Å²) in [6, 6.07) is 2.79. The number of nitrogens with zero attached hydrogens (tertiary/aromatic N) is 1. The number of likely N-dealkylation sites (N-methyl/N-ethyl adjacent to an activating group) is 1. The monoisotopic (exact) mass is 272 g/mol. The Hall–Kier alpha value is -0.0900. The van der Waals surface area contributed by atoms with Crippen LogP contribution in [0.2, 0.25) is 5.02 Å². The molecule has 0 radical (unpaired) electrons. The lowest BCUT2D eigenvalue weighted by Gasteiger charge is -2.23. The molecule has 0 amide bonds. The molecule has 1 aliphatic carbocycles. The standard InChI is InChI=1S/C13H21ClN2S/c1-16(11-4-2-3-5-11)8-7-15-10-13-12(14)6-9-17-13/h6,9,11,15H,2-5,7-8,10H2,1H3. The molecule has 1 aromatic rings. The van der Waals surface area contributed by atoms with E-state index < -0.39 is 0 Å². The van der Waals surface area contributed by atoms with Crippen LogP contribution in [0.4, 0.5) is 0 Å². The molecular weight excluding hydrogens is 252 g/mol. The molecule has 1 N–H and O–H groups in total. The molecule has 0 aromatic carbocycles. The summed E-state index contributed by atoms with van der Waals surface area (Å²) in [5.74, 6) is 0. The van der Waals surface area contributed by atoms with Crippen molar-refractivity contribution < 1.29 is 0 Å². The Bertz CT molecular complexity index is 334. The molecule has 2 nitrogen and oxygen atoms in total. The van der Waals surface area contributed by atoms with Crippen LogP contribution in [0.3, 0.4) is 0 Å². The van der Waals surface area contributed by atoms with E-state index in [0.29, 0.717) is 0 Å². The highest BCUT2D eigenvalue weighted by atomic mass is 35.5. The number of thiophene rings is 1. The Balaban J connectivity index is 1.61. The summed E-state index contributed by atoms with van der Waals surface area (Å²) in [6.07, 6.45) is 5.58. The molecular formula is C13H21ClN2S. The van der Waals surface area contributed by atoms with Crippen LogP contribution in [0.1, 0.15) is 30.6 Å². The van der Waals surface area contributed by atoms with Crippen molar-refractivity contribution in [2.75, 3.05) is 20.1 Å². The van der Waals surface area contributed by atoms with E-state index in [-0.39, 0.29) is 0 Å². The van der Waals surface area contributed by atoms with Crippen molar-refractivity contribution in [3.05, 3.63) is 21.3 Å². The van der Waals surface area contributed by atoms with Gasteiger partial charge in [-0.25, -0.2) is 0 Å². The molecule has 1 saturated carbocycles. The highest BCUT2D eigenvalue weighted by Crippen LogP contribution is 2.22. The molecule has 0 saturated heterocycles. The maximum atomic E-state index is 6.04. The van der Waals surface area contributed by atoms with E-state index in [1.165, 1.54) is 30.6 Å². The summed E-state index contributed by atoms with van der Waals surface area (Å²) in [5.41, 5.74) is 0. The molecule has 0 atom stereocenters. The minimum atomic E-state index is 0.821. The third-order valence-electron chi connectivity index (χ3n) is 3.57. The van der Waals surface area contributed by atoms with Gasteiger partial charge in [0, 0.05) is 30.6 Å². The fourth-order valence-corrected chi connectivity index (χ4v) is 3.51. The van der Waals surface area contributed by atoms with Crippen LogP contribution >= 0.6 is 22.9 Å². The molecule has 4 heteroatoms. The summed E-state index contributed by atoms with van der Waals surface area (Å²) >= 11 is 7.77. The lowest BCUT2D eigenvalue weighted by atomic mass is 10.2. The lowest BCUT2D eigenvalue weighted by molar-refractivity contribution is 0.245. The van der Waals surface area contributed by atoms with Gasteiger partial charge in [0.05, 0.1) is 5.02 Å². The van der Waals surface area contributed by atoms with Gasteiger partial charge in [0.2, 0.25) is 0 Å². The molecule has 1 fully saturated rings. The fraction of sp³-hybridized carbons (Fsp3) is 0.692. The van der Waals surface area contributed by atoms with Crippen LogP contribution in [0.5, 0.6) is 0 Å². The van der Waals surface area contributed by atoms with Gasteiger partial charge in [-0.15, -0.1) is 11.3 Å². The maximum absolute atomic E-state index is 6.04. The number of hydrogen-bond acceptors (Lipinski definition) is 3. The van der Waals surface area contributed by atoms with Crippen molar-refractivity contribution in [3.63, 3.8) is 0 Å². The summed E-state index contributed by atoms with van der Waals surface area (Å²) < 4.78 is 0. The average Bonchev–Trinajstić information content (AvgIpc) is 2.96. The highest BCUT2D eigenvalue weighted by Gasteiger charge is 2.18. The largest absolute Gasteiger partial charge is 0.311 e. The number of nitrogens with one attached hydrogen (secondary N) is 1. The minimum Gasteiger partial charge on any atom is -0.311 e. The minimum absolute atomic E-state index is 0.821. The van der Waals surface area contributed by atoms with Gasteiger partial charge in [0.1, 0.15) is 0 Å². The second-order valence-electron chi connectivity index (χ2n) is 4.79. The van der Waals surface area contributed by atoms with Gasteiger partial charge in [0.25, 0.3) is 0 Å². The second kappa shape index (κ2) is 6.74. The van der Waals surface area contributed by atoms with Gasteiger partial charge >= 0.3 is 0 Å². The predicted molar refractivity (Wildman–Crippen MR) is 75.9 cm³/mol. The Morgan fingerprint density at radius 2 is 2.24 bits per heavy atom.